The van der Waals surface area contributed by atoms with Gasteiger partial charge in [0.25, 0.3) is 0 Å². The number of rotatable bonds is 6. The second kappa shape index (κ2) is 7.48. The third kappa shape index (κ3) is 5.78. The molecule has 112 valence electrons. The Morgan fingerprint density at radius 3 is 2.60 bits per heavy atom. The monoisotopic (exact) mass is 285 g/mol. The van der Waals surface area contributed by atoms with Crippen molar-refractivity contribution in [2.24, 2.45) is 5.92 Å². The number of benzene rings is 1. The Kier molecular flexibility index (Phi) is 6.27. The number of hydrogen-bond acceptors (Lipinski definition) is 1. The van der Waals surface area contributed by atoms with Crippen molar-refractivity contribution in [3.05, 3.63) is 41.5 Å². The second-order valence-corrected chi connectivity index (χ2v) is 5.35. The fraction of sp³-hybridized carbons (Fsp3) is 0.500. The van der Waals surface area contributed by atoms with Crippen LogP contribution in [0, 0.1) is 5.92 Å². The van der Waals surface area contributed by atoms with Crippen LogP contribution in [0.5, 0.6) is 0 Å². The molecule has 0 saturated heterocycles. The van der Waals surface area contributed by atoms with E-state index in [4.69, 9.17) is 0 Å². The van der Waals surface area contributed by atoms with Crippen molar-refractivity contribution in [2.75, 3.05) is 13.1 Å². The summed E-state index contributed by atoms with van der Waals surface area (Å²) in [6.45, 7) is 7.91. The van der Waals surface area contributed by atoms with Crippen molar-refractivity contribution in [1.29, 1.82) is 0 Å². The van der Waals surface area contributed by atoms with Gasteiger partial charge in [0.2, 0.25) is 0 Å². The first-order chi connectivity index (χ1) is 9.30. The zero-order valence-corrected chi connectivity index (χ0v) is 12.2. The molecule has 0 radical (unpaired) electrons. The normalized spacial score (nSPS) is 13.1. The molecule has 0 saturated carbocycles. The van der Waals surface area contributed by atoms with E-state index in [1.807, 2.05) is 13.0 Å². The lowest BCUT2D eigenvalue weighted by Crippen LogP contribution is -2.20. The minimum absolute atomic E-state index is 0.597. The molecule has 0 aliphatic rings. The predicted molar refractivity (Wildman–Crippen MR) is 77.4 cm³/mol. The number of alkyl halides is 3. The van der Waals surface area contributed by atoms with Gasteiger partial charge in [-0.3, -0.25) is 0 Å². The average molecular weight is 285 g/mol. The Morgan fingerprint density at radius 1 is 1.30 bits per heavy atom. The number of allylic oxidation sites excluding steroid dienone is 1. The molecular weight excluding hydrogens is 263 g/mol. The van der Waals surface area contributed by atoms with Crippen LogP contribution in [0.15, 0.2) is 30.3 Å². The standard InChI is InChI=1S/C16H22F3N/c1-12(2)11-20-9-5-6-13(3)14-7-4-8-15(10-14)16(17,18)19/h4,6-8,10,12,20H,5,9,11H2,1-3H3. The highest BCUT2D eigenvalue weighted by molar-refractivity contribution is 5.64. The maximum Gasteiger partial charge on any atom is 0.416 e. The number of halogens is 3. The fourth-order valence-electron chi connectivity index (χ4n) is 1.84. The highest BCUT2D eigenvalue weighted by atomic mass is 19.4. The summed E-state index contributed by atoms with van der Waals surface area (Å²) in [7, 11) is 0. The Bertz CT molecular complexity index is 447. The molecule has 0 spiro atoms. The summed E-state index contributed by atoms with van der Waals surface area (Å²) in [5.41, 5.74) is 0.909. The van der Waals surface area contributed by atoms with Gasteiger partial charge in [0.1, 0.15) is 0 Å². The zero-order chi connectivity index (χ0) is 15.2. The van der Waals surface area contributed by atoms with Crippen LogP contribution in [-0.2, 0) is 6.18 Å². The third-order valence-corrected chi connectivity index (χ3v) is 2.97. The van der Waals surface area contributed by atoms with Gasteiger partial charge in [0.05, 0.1) is 5.56 Å². The lowest BCUT2D eigenvalue weighted by Gasteiger charge is -2.09. The molecule has 0 aromatic heterocycles. The van der Waals surface area contributed by atoms with Crippen LogP contribution in [-0.4, -0.2) is 13.1 Å². The van der Waals surface area contributed by atoms with Gasteiger partial charge in [-0.1, -0.05) is 32.1 Å². The molecule has 0 bridgehead atoms. The van der Waals surface area contributed by atoms with E-state index >= 15 is 0 Å². The minimum atomic E-state index is -4.28. The van der Waals surface area contributed by atoms with E-state index in [1.54, 1.807) is 6.07 Å². The van der Waals surface area contributed by atoms with Crippen molar-refractivity contribution >= 4 is 5.57 Å². The molecule has 20 heavy (non-hydrogen) atoms. The van der Waals surface area contributed by atoms with Crippen molar-refractivity contribution < 1.29 is 13.2 Å². The quantitative estimate of drug-likeness (QED) is 0.744. The molecule has 0 unspecified atom stereocenters. The third-order valence-electron chi connectivity index (χ3n) is 2.97. The van der Waals surface area contributed by atoms with Crippen LogP contribution in [0.4, 0.5) is 13.2 Å². The maximum absolute atomic E-state index is 12.6. The van der Waals surface area contributed by atoms with Crippen molar-refractivity contribution in [3.8, 4) is 0 Å². The molecule has 0 heterocycles. The number of nitrogens with one attached hydrogen (secondary N) is 1. The van der Waals surface area contributed by atoms with Gasteiger partial charge >= 0.3 is 6.18 Å². The van der Waals surface area contributed by atoms with Crippen LogP contribution < -0.4 is 5.32 Å². The van der Waals surface area contributed by atoms with Crippen LogP contribution in [0.1, 0.15) is 38.3 Å². The SMILES string of the molecule is CC(=CCCNCC(C)C)c1cccc(C(F)(F)F)c1. The molecule has 1 aromatic rings. The fourth-order valence-corrected chi connectivity index (χ4v) is 1.84. The summed E-state index contributed by atoms with van der Waals surface area (Å²) in [6.07, 6.45) is -1.49. The van der Waals surface area contributed by atoms with E-state index in [0.717, 1.165) is 31.1 Å². The summed E-state index contributed by atoms with van der Waals surface area (Å²) >= 11 is 0. The second-order valence-electron chi connectivity index (χ2n) is 5.35. The molecule has 1 nitrogen and oxygen atoms in total. The van der Waals surface area contributed by atoms with Gasteiger partial charge < -0.3 is 5.32 Å². The first kappa shape index (κ1) is 16.8. The molecule has 1 rings (SSSR count). The summed E-state index contributed by atoms with van der Waals surface area (Å²) in [5.74, 6) is 0.601. The van der Waals surface area contributed by atoms with E-state index in [0.29, 0.717) is 11.5 Å². The number of hydrogen-bond donors (Lipinski definition) is 1. The molecule has 0 atom stereocenters. The summed E-state index contributed by atoms with van der Waals surface area (Å²) in [5, 5.41) is 3.30. The minimum Gasteiger partial charge on any atom is -0.316 e. The first-order valence-electron chi connectivity index (χ1n) is 6.86. The molecule has 4 heteroatoms. The van der Waals surface area contributed by atoms with Crippen LogP contribution >= 0.6 is 0 Å². The van der Waals surface area contributed by atoms with Gasteiger partial charge in [-0.25, -0.2) is 0 Å². The molecule has 0 fully saturated rings. The topological polar surface area (TPSA) is 12.0 Å². The van der Waals surface area contributed by atoms with E-state index in [1.165, 1.54) is 12.1 Å². The van der Waals surface area contributed by atoms with Gasteiger partial charge in [0, 0.05) is 0 Å². The summed E-state index contributed by atoms with van der Waals surface area (Å²) in [4.78, 5) is 0. The van der Waals surface area contributed by atoms with Crippen molar-refractivity contribution in [2.45, 2.75) is 33.4 Å². The summed E-state index contributed by atoms with van der Waals surface area (Å²) in [6, 6.07) is 5.46. The zero-order valence-electron chi connectivity index (χ0n) is 12.2. The largest absolute Gasteiger partial charge is 0.416 e. The Balaban J connectivity index is 2.61. The maximum atomic E-state index is 12.6. The van der Waals surface area contributed by atoms with E-state index in [9.17, 15) is 13.2 Å². The van der Waals surface area contributed by atoms with Gasteiger partial charge in [0.15, 0.2) is 0 Å². The van der Waals surface area contributed by atoms with E-state index in [2.05, 4.69) is 19.2 Å². The summed E-state index contributed by atoms with van der Waals surface area (Å²) < 4.78 is 37.9. The Labute approximate surface area is 118 Å². The smallest absolute Gasteiger partial charge is 0.316 e. The predicted octanol–water partition coefficient (Wildman–Crippen LogP) is 4.74. The van der Waals surface area contributed by atoms with Crippen molar-refractivity contribution in [3.63, 3.8) is 0 Å². The molecule has 0 aliphatic heterocycles. The van der Waals surface area contributed by atoms with Crippen LogP contribution in [0.3, 0.4) is 0 Å². The average Bonchev–Trinajstić information content (AvgIpc) is 2.37. The van der Waals surface area contributed by atoms with Gasteiger partial charge in [-0.15, -0.1) is 0 Å². The Hall–Kier alpha value is -1.29. The lowest BCUT2D eigenvalue weighted by molar-refractivity contribution is -0.137. The molecule has 0 amide bonds. The van der Waals surface area contributed by atoms with E-state index in [-0.39, 0.29) is 0 Å². The van der Waals surface area contributed by atoms with Crippen LogP contribution in [0.25, 0.3) is 5.57 Å². The lowest BCUT2D eigenvalue weighted by atomic mass is 10.0. The molecule has 0 aliphatic carbocycles. The molecule has 1 aromatic carbocycles. The molecular formula is C16H22F3N. The van der Waals surface area contributed by atoms with Crippen molar-refractivity contribution in [1.82, 2.24) is 5.32 Å². The first-order valence-corrected chi connectivity index (χ1v) is 6.86. The molecule has 1 N–H and O–H groups in total. The van der Waals surface area contributed by atoms with Gasteiger partial charge in [-0.05, 0) is 55.6 Å². The Morgan fingerprint density at radius 2 is 2.00 bits per heavy atom. The van der Waals surface area contributed by atoms with Crippen LogP contribution in [0.2, 0.25) is 0 Å². The highest BCUT2D eigenvalue weighted by Gasteiger charge is 2.30. The van der Waals surface area contributed by atoms with Gasteiger partial charge in [-0.2, -0.15) is 13.2 Å². The van der Waals surface area contributed by atoms with E-state index < -0.39 is 11.7 Å². The highest BCUT2D eigenvalue weighted by Crippen LogP contribution is 2.30.